The van der Waals surface area contributed by atoms with Gasteiger partial charge in [0.25, 0.3) is 0 Å². The molecule has 0 aromatic carbocycles. The fourth-order valence-electron chi connectivity index (χ4n) is 1.55. The van der Waals surface area contributed by atoms with Crippen molar-refractivity contribution in [2.45, 2.75) is 29.3 Å². The molecule has 0 saturated carbocycles. The molecule has 1 nitrogen and oxygen atoms in total. The van der Waals surface area contributed by atoms with Crippen molar-refractivity contribution in [1.82, 2.24) is 4.90 Å². The first-order chi connectivity index (χ1) is 5.06. The minimum atomic E-state index is -0.751. The third kappa shape index (κ3) is 6.97. The quantitative estimate of drug-likeness (QED) is 0.634. The normalized spacial score (nSPS) is 13.6. The van der Waals surface area contributed by atoms with E-state index in [-0.39, 0.29) is 0 Å². The zero-order valence-corrected chi connectivity index (χ0v) is 11.1. The topological polar surface area (TPSA) is 3.24 Å². The Morgan fingerprint density at radius 1 is 1.36 bits per heavy atom. The van der Waals surface area contributed by atoms with Crippen LogP contribution in [0.4, 0.5) is 0 Å². The molecule has 66 valence electrons. The Hall–Kier alpha value is 0.596. The van der Waals surface area contributed by atoms with Gasteiger partial charge in [-0.25, -0.2) is 0 Å². The molecule has 11 heavy (non-hydrogen) atoms. The maximum atomic E-state index is 2.53. The Morgan fingerprint density at radius 2 is 1.91 bits per heavy atom. The van der Waals surface area contributed by atoms with Crippen molar-refractivity contribution in [3.05, 3.63) is 0 Å². The molecule has 0 spiro atoms. The van der Waals surface area contributed by atoms with Crippen LogP contribution in [-0.2, 0) is 0 Å². The Balaban J connectivity index is 3.43. The van der Waals surface area contributed by atoms with Crippen molar-refractivity contribution >= 4 is 16.2 Å². The van der Waals surface area contributed by atoms with Gasteiger partial charge in [-0.2, -0.15) is 0 Å². The van der Waals surface area contributed by atoms with Crippen LogP contribution in [0.1, 0.15) is 13.8 Å². The summed E-state index contributed by atoms with van der Waals surface area (Å²) in [5, 5.41) is 0. The van der Waals surface area contributed by atoms with E-state index in [0.717, 1.165) is 5.92 Å². The van der Waals surface area contributed by atoms with E-state index in [0.29, 0.717) is 0 Å². The number of hydrogen-bond donors (Lipinski definition) is 0. The first-order valence-electron chi connectivity index (χ1n) is 4.71. The van der Waals surface area contributed by atoms with Crippen LogP contribution >= 0.6 is 0 Å². The molecule has 0 aliphatic rings. The van der Waals surface area contributed by atoms with E-state index in [4.69, 9.17) is 0 Å². The second kappa shape index (κ2) is 6.15. The minimum absolute atomic E-state index is 0.751. The molecule has 0 saturated heterocycles. The molecular formula is C9H22GaN. The van der Waals surface area contributed by atoms with Gasteiger partial charge in [0.15, 0.2) is 0 Å². The van der Waals surface area contributed by atoms with Crippen molar-refractivity contribution in [3.8, 4) is 0 Å². The Kier molecular flexibility index (Phi) is 6.48. The fourth-order valence-corrected chi connectivity index (χ4v) is 5.45. The van der Waals surface area contributed by atoms with Crippen LogP contribution in [0.15, 0.2) is 0 Å². The van der Waals surface area contributed by atoms with E-state index < -0.39 is 16.2 Å². The summed E-state index contributed by atoms with van der Waals surface area (Å²) >= 11 is -0.751. The summed E-state index contributed by atoms with van der Waals surface area (Å²) in [5.41, 5.74) is 2.53. The molecule has 1 atom stereocenters. The standard InChI is InChI=1S/C6H14N.C2H5.CH3.Ga/c1-6(2)5-7(3)4;1-2;;/h6H,1,5H2,2-4H3;1H2,2H3;1H3;. The number of nitrogens with zero attached hydrogens (tertiary/aromatic N) is 1. The van der Waals surface area contributed by atoms with E-state index in [9.17, 15) is 0 Å². The predicted octanol–water partition coefficient (Wildman–Crippen LogP) is 2.33. The van der Waals surface area contributed by atoms with Crippen LogP contribution in [0.25, 0.3) is 0 Å². The summed E-state index contributed by atoms with van der Waals surface area (Å²) in [4.78, 5) is 5.36. The summed E-state index contributed by atoms with van der Waals surface area (Å²) < 4.78 is 0. The molecule has 0 aromatic heterocycles. The van der Waals surface area contributed by atoms with Crippen LogP contribution in [0, 0.1) is 5.92 Å². The van der Waals surface area contributed by atoms with Crippen molar-refractivity contribution in [1.29, 1.82) is 0 Å². The molecule has 0 rings (SSSR count). The summed E-state index contributed by atoms with van der Waals surface area (Å²) in [6, 6.07) is 0. The first-order valence-corrected chi connectivity index (χ1v) is 10.6. The van der Waals surface area contributed by atoms with Gasteiger partial charge in [0, 0.05) is 0 Å². The third-order valence-electron chi connectivity index (χ3n) is 2.18. The molecule has 0 aliphatic heterocycles. The average molecular weight is 214 g/mol. The zero-order chi connectivity index (χ0) is 8.85. The van der Waals surface area contributed by atoms with Crippen LogP contribution < -0.4 is 0 Å². The van der Waals surface area contributed by atoms with Crippen LogP contribution in [-0.4, -0.2) is 41.8 Å². The van der Waals surface area contributed by atoms with Gasteiger partial charge in [-0.15, -0.1) is 0 Å². The number of hydrogen-bond acceptors (Lipinski definition) is 1. The molecule has 2 heteroatoms. The molecule has 1 unspecified atom stereocenters. The van der Waals surface area contributed by atoms with E-state index in [1.807, 2.05) is 0 Å². The second-order valence-electron chi connectivity index (χ2n) is 4.12. The van der Waals surface area contributed by atoms with Gasteiger partial charge in [0.2, 0.25) is 0 Å². The van der Waals surface area contributed by atoms with E-state index >= 15 is 0 Å². The summed E-state index contributed by atoms with van der Waals surface area (Å²) in [5.74, 6) is 0.931. The van der Waals surface area contributed by atoms with E-state index in [1.54, 1.807) is 4.98 Å². The Labute approximate surface area is 77.2 Å². The van der Waals surface area contributed by atoms with E-state index in [1.165, 1.54) is 11.5 Å². The third-order valence-corrected chi connectivity index (χ3v) is 8.48. The fraction of sp³-hybridized carbons (Fsp3) is 1.00. The van der Waals surface area contributed by atoms with Crippen molar-refractivity contribution in [2.24, 2.45) is 5.92 Å². The molecule has 0 fully saturated rings. The SMILES string of the molecule is C[CH2][Ga]([CH3])[CH2]C(C)CN(C)C. The predicted molar refractivity (Wildman–Crippen MR) is 54.6 cm³/mol. The van der Waals surface area contributed by atoms with Gasteiger partial charge in [-0.1, -0.05) is 0 Å². The molecule has 0 radical (unpaired) electrons. The van der Waals surface area contributed by atoms with Gasteiger partial charge in [0.1, 0.15) is 0 Å². The molecule has 0 N–H and O–H groups in total. The van der Waals surface area contributed by atoms with Gasteiger partial charge < -0.3 is 0 Å². The van der Waals surface area contributed by atoms with Gasteiger partial charge in [-0.3, -0.25) is 0 Å². The summed E-state index contributed by atoms with van der Waals surface area (Å²) in [6.45, 7) is 6.01. The molecule has 0 bridgehead atoms. The van der Waals surface area contributed by atoms with Gasteiger partial charge in [-0.05, 0) is 0 Å². The molecule has 0 aromatic rings. The molecular weight excluding hydrogens is 192 g/mol. The Bertz CT molecular complexity index is 93.6. The second-order valence-corrected chi connectivity index (χ2v) is 11.5. The van der Waals surface area contributed by atoms with Gasteiger partial charge in [0.05, 0.1) is 0 Å². The molecule has 0 aliphatic carbocycles. The van der Waals surface area contributed by atoms with Crippen molar-refractivity contribution in [3.63, 3.8) is 0 Å². The molecule has 0 heterocycles. The summed E-state index contributed by atoms with van der Waals surface area (Å²) in [7, 11) is 4.33. The van der Waals surface area contributed by atoms with E-state index in [2.05, 4.69) is 38.3 Å². The van der Waals surface area contributed by atoms with Crippen LogP contribution in [0.5, 0.6) is 0 Å². The molecule has 0 amide bonds. The number of rotatable bonds is 5. The van der Waals surface area contributed by atoms with Crippen LogP contribution in [0.2, 0.25) is 15.4 Å². The average Bonchev–Trinajstić information content (AvgIpc) is 1.85. The Morgan fingerprint density at radius 3 is 2.27 bits per heavy atom. The monoisotopic (exact) mass is 213 g/mol. The van der Waals surface area contributed by atoms with Crippen LogP contribution in [0.3, 0.4) is 0 Å². The van der Waals surface area contributed by atoms with Crippen molar-refractivity contribution in [2.75, 3.05) is 20.6 Å². The van der Waals surface area contributed by atoms with Crippen molar-refractivity contribution < 1.29 is 0 Å². The summed E-state index contributed by atoms with van der Waals surface area (Å²) in [6.07, 6.45) is 0. The zero-order valence-electron chi connectivity index (χ0n) is 8.72. The first kappa shape index (κ1) is 11.6. The maximum absolute atomic E-state index is 2.53. The van der Waals surface area contributed by atoms with Gasteiger partial charge >= 0.3 is 77.0 Å².